The molecule has 0 amide bonds. The summed E-state index contributed by atoms with van der Waals surface area (Å²) in [6, 6.07) is 17.5. The minimum Gasteiger partial charge on any atom is -0.377 e. The summed E-state index contributed by atoms with van der Waals surface area (Å²) in [7, 11) is 0. The van der Waals surface area contributed by atoms with Crippen molar-refractivity contribution < 1.29 is 18.6 Å². The fourth-order valence-corrected chi connectivity index (χ4v) is 5.81. The van der Waals surface area contributed by atoms with E-state index in [9.17, 15) is 0 Å². The molecule has 0 N–H and O–H groups in total. The molecule has 4 aromatic rings. The topological polar surface area (TPSA) is 36.1 Å². The van der Waals surface area contributed by atoms with Crippen molar-refractivity contribution in [3.63, 3.8) is 0 Å². The van der Waals surface area contributed by atoms with E-state index in [4.69, 9.17) is 9.47 Å². The number of para-hydroxylation sites is 4. The molecule has 6 heteroatoms. The van der Waals surface area contributed by atoms with E-state index in [-0.39, 0.29) is 0 Å². The molecule has 1 aliphatic carbocycles. The molecular formula is C37H42N4O2+2. The molecule has 3 heterocycles. The largest absolute Gasteiger partial charge is 0.377 e. The predicted molar refractivity (Wildman–Crippen MR) is 172 cm³/mol. The normalized spacial score (nSPS) is 21.8. The lowest BCUT2D eigenvalue weighted by molar-refractivity contribution is -0.703. The van der Waals surface area contributed by atoms with Gasteiger partial charge in [0.25, 0.3) is 0 Å². The van der Waals surface area contributed by atoms with Crippen LogP contribution in [0.15, 0.2) is 133 Å². The zero-order valence-corrected chi connectivity index (χ0v) is 24.9. The molecule has 1 aliphatic heterocycles. The summed E-state index contributed by atoms with van der Waals surface area (Å²) in [6.45, 7) is 6.39. The molecule has 0 atom stereocenters. The monoisotopic (exact) mass is 574 g/mol. The highest BCUT2D eigenvalue weighted by Crippen LogP contribution is 2.14. The molecule has 0 fully saturated rings. The predicted octanol–water partition coefficient (Wildman–Crippen LogP) is 6.18. The van der Waals surface area contributed by atoms with Gasteiger partial charge >= 0.3 is 0 Å². The van der Waals surface area contributed by atoms with Crippen LogP contribution in [0.4, 0.5) is 0 Å². The molecule has 0 spiro atoms. The summed E-state index contributed by atoms with van der Waals surface area (Å²) < 4.78 is 21.8. The van der Waals surface area contributed by atoms with E-state index in [2.05, 4.69) is 140 Å². The van der Waals surface area contributed by atoms with Crippen molar-refractivity contribution in [1.29, 1.82) is 0 Å². The first-order valence-corrected chi connectivity index (χ1v) is 15.5. The Morgan fingerprint density at radius 3 is 1.53 bits per heavy atom. The third kappa shape index (κ3) is 7.58. The smallest absolute Gasteiger partial charge is 0.244 e. The summed E-state index contributed by atoms with van der Waals surface area (Å²) in [5, 5.41) is 0. The van der Waals surface area contributed by atoms with Gasteiger partial charge in [-0.2, -0.15) is 0 Å². The average Bonchev–Trinajstić information content (AvgIpc) is 3.56. The SMILES string of the molecule is C1=C\C=C2/C=C\C=C/C(=C\C=C1)COCCCn1c[n+](c3ccccc31)CCC[n+]1cn(c3ccccc31)CCCOC2. The summed E-state index contributed by atoms with van der Waals surface area (Å²) in [5.74, 6) is 0. The van der Waals surface area contributed by atoms with Gasteiger partial charge in [-0.3, -0.25) is 0 Å². The number of benzene rings is 2. The van der Waals surface area contributed by atoms with Crippen LogP contribution in [0.2, 0.25) is 0 Å². The molecule has 6 bridgehead atoms. The molecule has 0 radical (unpaired) electrons. The second-order valence-electron chi connectivity index (χ2n) is 11.1. The van der Waals surface area contributed by atoms with E-state index >= 15 is 0 Å². The molecule has 6 rings (SSSR count). The Morgan fingerprint density at radius 2 is 1.02 bits per heavy atom. The van der Waals surface area contributed by atoms with Crippen molar-refractivity contribution in [3.8, 4) is 0 Å². The summed E-state index contributed by atoms with van der Waals surface area (Å²) >= 11 is 0. The first kappa shape index (κ1) is 28.8. The van der Waals surface area contributed by atoms with Crippen LogP contribution in [0.25, 0.3) is 22.1 Å². The lowest BCUT2D eigenvalue weighted by Crippen LogP contribution is -2.38. The first-order chi connectivity index (χ1) is 21.3. The quantitative estimate of drug-likeness (QED) is 0.235. The van der Waals surface area contributed by atoms with Gasteiger partial charge in [-0.25, -0.2) is 18.3 Å². The van der Waals surface area contributed by atoms with Gasteiger partial charge in [-0.05, 0) is 35.4 Å². The van der Waals surface area contributed by atoms with E-state index in [1.54, 1.807) is 0 Å². The maximum atomic E-state index is 6.12. The number of allylic oxidation sites excluding steroid dienone is 8. The molecule has 220 valence electrons. The molecular weight excluding hydrogens is 532 g/mol. The van der Waals surface area contributed by atoms with E-state index in [1.165, 1.54) is 22.1 Å². The molecule has 0 saturated carbocycles. The van der Waals surface area contributed by atoms with Crippen LogP contribution in [0.5, 0.6) is 0 Å². The van der Waals surface area contributed by atoms with Crippen molar-refractivity contribution in [3.05, 3.63) is 133 Å². The lowest BCUT2D eigenvalue weighted by atomic mass is 10.2. The molecule has 6 nitrogen and oxygen atoms in total. The molecule has 2 aromatic carbocycles. The number of nitrogens with zero attached hydrogens (tertiary/aromatic N) is 4. The molecule has 0 unspecified atom stereocenters. The van der Waals surface area contributed by atoms with Gasteiger partial charge in [-0.15, -0.1) is 0 Å². The van der Waals surface area contributed by atoms with Crippen molar-refractivity contribution in [2.75, 3.05) is 26.4 Å². The van der Waals surface area contributed by atoms with E-state index in [1.807, 2.05) is 0 Å². The minimum absolute atomic E-state index is 0.588. The van der Waals surface area contributed by atoms with Gasteiger partial charge in [-0.1, -0.05) is 85.0 Å². The number of rotatable bonds is 0. The van der Waals surface area contributed by atoms with Gasteiger partial charge in [0, 0.05) is 19.3 Å². The van der Waals surface area contributed by atoms with Gasteiger partial charge < -0.3 is 9.47 Å². The minimum atomic E-state index is 0.588. The van der Waals surface area contributed by atoms with Crippen molar-refractivity contribution in [2.24, 2.45) is 0 Å². The fraction of sp³-hybridized carbons (Fsp3) is 0.297. The van der Waals surface area contributed by atoms with Gasteiger partial charge in [0.15, 0.2) is 22.1 Å². The van der Waals surface area contributed by atoms with Crippen LogP contribution in [0.1, 0.15) is 19.3 Å². The third-order valence-electron chi connectivity index (χ3n) is 7.96. The fourth-order valence-electron chi connectivity index (χ4n) is 5.81. The Balaban J connectivity index is 1.24. The van der Waals surface area contributed by atoms with Crippen LogP contribution in [0.3, 0.4) is 0 Å². The van der Waals surface area contributed by atoms with Crippen LogP contribution in [-0.4, -0.2) is 35.6 Å². The van der Waals surface area contributed by atoms with Crippen molar-refractivity contribution >= 4 is 22.1 Å². The van der Waals surface area contributed by atoms with Gasteiger partial charge in [0.05, 0.1) is 52.6 Å². The molecule has 2 aliphatic rings. The Kier molecular flexibility index (Phi) is 9.90. The zero-order valence-electron chi connectivity index (χ0n) is 24.9. The van der Waals surface area contributed by atoms with E-state index in [0.29, 0.717) is 26.4 Å². The summed E-state index contributed by atoms with van der Waals surface area (Å²) in [4.78, 5) is 0. The summed E-state index contributed by atoms with van der Waals surface area (Å²) in [6.07, 6.45) is 28.4. The molecule has 2 aromatic heterocycles. The Bertz CT molecular complexity index is 1590. The van der Waals surface area contributed by atoms with Gasteiger partial charge in [0.2, 0.25) is 12.7 Å². The highest BCUT2D eigenvalue weighted by molar-refractivity contribution is 5.72. The second kappa shape index (κ2) is 14.8. The van der Waals surface area contributed by atoms with Crippen LogP contribution in [-0.2, 0) is 35.7 Å². The van der Waals surface area contributed by atoms with Crippen molar-refractivity contribution in [2.45, 2.75) is 45.4 Å². The average molecular weight is 575 g/mol. The second-order valence-corrected chi connectivity index (χ2v) is 11.1. The number of aryl methyl sites for hydroxylation is 4. The van der Waals surface area contributed by atoms with E-state index < -0.39 is 0 Å². The zero-order chi connectivity index (χ0) is 29.1. The number of hydrogen-bond acceptors (Lipinski definition) is 2. The van der Waals surface area contributed by atoms with Crippen molar-refractivity contribution in [1.82, 2.24) is 9.13 Å². The molecule has 0 saturated heterocycles. The first-order valence-electron chi connectivity index (χ1n) is 15.5. The Labute approximate surface area is 254 Å². The molecule has 43 heavy (non-hydrogen) atoms. The van der Waals surface area contributed by atoms with Crippen LogP contribution >= 0.6 is 0 Å². The highest BCUT2D eigenvalue weighted by Gasteiger charge is 2.18. The standard InChI is InChI=1S/C37H42N4O2/c1-2-4-15-33-17-6-5-16-32(14-3-1)28-42-26-12-24-40-30-38(34-18-7-9-20-36(34)40)22-11-23-39-31-41(25-13-27-43-29-33)37-21-10-8-19-35(37)39/h1-10,14-21,30-31H,11-13,22-29H2/q+2/b2-1?,3-1?,4-2?,6-5?,14-3?,15-4?,16-5-,17-6-,32-14+,32-16?,33-15+,33-17?. The van der Waals surface area contributed by atoms with E-state index in [0.717, 1.165) is 56.6 Å². The Hall–Kier alpha value is -4.26. The maximum Gasteiger partial charge on any atom is 0.244 e. The number of imidazole rings is 2. The third-order valence-corrected chi connectivity index (χ3v) is 7.96. The lowest BCUT2D eigenvalue weighted by Gasteiger charge is -2.05. The van der Waals surface area contributed by atoms with Crippen LogP contribution in [0, 0.1) is 0 Å². The van der Waals surface area contributed by atoms with Crippen LogP contribution < -0.4 is 9.13 Å². The van der Waals surface area contributed by atoms with Gasteiger partial charge in [0.1, 0.15) is 0 Å². The highest BCUT2D eigenvalue weighted by atomic mass is 16.5. The maximum absolute atomic E-state index is 6.12. The Morgan fingerprint density at radius 1 is 0.535 bits per heavy atom. The summed E-state index contributed by atoms with van der Waals surface area (Å²) in [5.41, 5.74) is 7.41. The number of hydrogen-bond donors (Lipinski definition) is 0. The number of fused-ring (bicyclic) bond motifs is 13. The number of aromatic nitrogens is 4. The number of ether oxygens (including phenoxy) is 2.